The van der Waals surface area contributed by atoms with Crippen molar-refractivity contribution < 1.29 is 14.4 Å². The topological polar surface area (TPSA) is 78.5 Å². The zero-order chi connectivity index (χ0) is 24.4. The molecule has 3 aromatic rings. The lowest BCUT2D eigenvalue weighted by Gasteiger charge is -2.18. The van der Waals surface area contributed by atoms with E-state index in [0.717, 1.165) is 10.5 Å². The van der Waals surface area contributed by atoms with Crippen LogP contribution in [0.25, 0.3) is 0 Å². The lowest BCUT2D eigenvalue weighted by atomic mass is 10.1. The Labute approximate surface area is 211 Å². The van der Waals surface area contributed by atoms with Gasteiger partial charge in [-0.3, -0.25) is 14.4 Å². The van der Waals surface area contributed by atoms with E-state index in [2.05, 4.69) is 10.6 Å². The zero-order valence-electron chi connectivity index (χ0n) is 17.9. The van der Waals surface area contributed by atoms with Crippen LogP contribution in [0.1, 0.15) is 22.8 Å². The third kappa shape index (κ3) is 4.80. The fourth-order valence-electron chi connectivity index (χ4n) is 3.54. The summed E-state index contributed by atoms with van der Waals surface area (Å²) in [5.41, 5.74) is 2.65. The molecule has 0 radical (unpaired) electrons. The van der Waals surface area contributed by atoms with E-state index in [1.54, 1.807) is 54.6 Å². The fourth-order valence-corrected chi connectivity index (χ4v) is 4.28. The summed E-state index contributed by atoms with van der Waals surface area (Å²) in [5, 5.41) is 6.24. The molecule has 3 amide bonds. The molecule has 0 fully saturated rings. The van der Waals surface area contributed by atoms with Crippen LogP contribution in [0.5, 0.6) is 0 Å². The minimum atomic E-state index is -0.591. The maximum Gasteiger partial charge on any atom is 0.283 e. The summed E-state index contributed by atoms with van der Waals surface area (Å²) in [7, 11) is 0. The van der Waals surface area contributed by atoms with Crippen molar-refractivity contribution in [3.63, 3.8) is 0 Å². The van der Waals surface area contributed by atoms with Crippen molar-refractivity contribution in [2.45, 2.75) is 13.3 Å². The van der Waals surface area contributed by atoms with Crippen molar-refractivity contribution in [1.29, 1.82) is 0 Å². The molecule has 0 spiro atoms. The standard InChI is InChI=1S/C25H18Cl3N3O3/c1-2-14-5-3-4-6-20(14)31-24(33)21(28)22(25(31)34)29-18-9-7-15(8-10-18)23(32)30-19-12-16(26)11-17(27)13-19/h3-13,29H,2H2,1H3,(H,30,32). The lowest BCUT2D eigenvalue weighted by Crippen LogP contribution is -2.33. The van der Waals surface area contributed by atoms with Gasteiger partial charge in [0, 0.05) is 27.0 Å². The first kappa shape index (κ1) is 23.8. The van der Waals surface area contributed by atoms with Gasteiger partial charge in [0.1, 0.15) is 10.7 Å². The van der Waals surface area contributed by atoms with Crippen molar-refractivity contribution in [3.05, 3.63) is 98.6 Å². The predicted molar refractivity (Wildman–Crippen MR) is 136 cm³/mol. The molecule has 0 aromatic heterocycles. The van der Waals surface area contributed by atoms with Gasteiger partial charge in [-0.2, -0.15) is 0 Å². The first-order valence-corrected chi connectivity index (χ1v) is 11.4. The fraction of sp³-hybridized carbons (Fsp3) is 0.0800. The van der Waals surface area contributed by atoms with E-state index in [1.165, 1.54) is 0 Å². The van der Waals surface area contributed by atoms with E-state index in [1.807, 2.05) is 19.1 Å². The Morgan fingerprint density at radius 2 is 1.50 bits per heavy atom. The minimum absolute atomic E-state index is 0.0247. The highest BCUT2D eigenvalue weighted by Gasteiger charge is 2.39. The Bertz CT molecular complexity index is 1320. The van der Waals surface area contributed by atoms with E-state index in [9.17, 15) is 14.4 Å². The number of nitrogens with one attached hydrogen (secondary N) is 2. The van der Waals surface area contributed by atoms with Gasteiger partial charge in [0.2, 0.25) is 0 Å². The number of hydrogen-bond donors (Lipinski definition) is 2. The van der Waals surface area contributed by atoms with Crippen LogP contribution in [0.2, 0.25) is 10.0 Å². The Hall–Kier alpha value is -3.32. The molecule has 2 N–H and O–H groups in total. The highest BCUT2D eigenvalue weighted by atomic mass is 35.5. The Balaban J connectivity index is 1.50. The SMILES string of the molecule is CCc1ccccc1N1C(=O)C(Cl)=C(Nc2ccc(C(=O)Nc3cc(Cl)cc(Cl)c3)cc2)C1=O. The van der Waals surface area contributed by atoms with E-state index in [0.29, 0.717) is 39.1 Å². The Morgan fingerprint density at radius 1 is 0.853 bits per heavy atom. The number of anilines is 3. The molecule has 0 saturated carbocycles. The number of para-hydroxylation sites is 1. The van der Waals surface area contributed by atoms with Gasteiger partial charge in [-0.05, 0) is 60.5 Å². The van der Waals surface area contributed by atoms with Gasteiger partial charge < -0.3 is 10.6 Å². The van der Waals surface area contributed by atoms with Crippen LogP contribution in [0.3, 0.4) is 0 Å². The summed E-state index contributed by atoms with van der Waals surface area (Å²) in [6, 6.07) is 18.3. The average molecular weight is 515 g/mol. The van der Waals surface area contributed by atoms with Crippen molar-refractivity contribution in [3.8, 4) is 0 Å². The van der Waals surface area contributed by atoms with Crippen LogP contribution in [0, 0.1) is 0 Å². The second-order valence-electron chi connectivity index (χ2n) is 7.43. The molecule has 1 heterocycles. The third-order valence-corrected chi connectivity index (χ3v) is 5.96. The van der Waals surface area contributed by atoms with Crippen LogP contribution in [-0.2, 0) is 16.0 Å². The zero-order valence-corrected chi connectivity index (χ0v) is 20.1. The third-order valence-electron chi connectivity index (χ3n) is 5.18. The number of halogens is 3. The molecule has 9 heteroatoms. The molecule has 0 atom stereocenters. The lowest BCUT2D eigenvalue weighted by molar-refractivity contribution is -0.120. The number of hydrogen-bond acceptors (Lipinski definition) is 4. The molecule has 0 bridgehead atoms. The number of benzene rings is 3. The van der Waals surface area contributed by atoms with Crippen LogP contribution in [0.15, 0.2) is 77.5 Å². The molecule has 0 unspecified atom stereocenters. The highest BCUT2D eigenvalue weighted by Crippen LogP contribution is 2.32. The molecular formula is C25H18Cl3N3O3. The van der Waals surface area contributed by atoms with Crippen LogP contribution >= 0.6 is 34.8 Å². The molecule has 3 aromatic carbocycles. The number of carbonyl (C=O) groups is 3. The number of carbonyl (C=O) groups excluding carboxylic acids is 3. The molecule has 0 aliphatic carbocycles. The summed E-state index contributed by atoms with van der Waals surface area (Å²) in [4.78, 5) is 39.4. The van der Waals surface area contributed by atoms with Gasteiger partial charge in [0.25, 0.3) is 17.7 Å². The predicted octanol–water partition coefficient (Wildman–Crippen LogP) is 6.24. The van der Waals surface area contributed by atoms with Gasteiger partial charge in [-0.25, -0.2) is 4.90 Å². The van der Waals surface area contributed by atoms with Crippen molar-refractivity contribution in [2.75, 3.05) is 15.5 Å². The normalized spacial score (nSPS) is 13.5. The molecule has 4 rings (SSSR count). The van der Waals surface area contributed by atoms with Gasteiger partial charge in [0.05, 0.1) is 5.69 Å². The van der Waals surface area contributed by atoms with Gasteiger partial charge in [0.15, 0.2) is 0 Å². The maximum absolute atomic E-state index is 13.0. The number of imide groups is 1. The number of nitrogens with zero attached hydrogens (tertiary/aromatic N) is 1. The molecule has 1 aliphatic rings. The van der Waals surface area contributed by atoms with E-state index >= 15 is 0 Å². The van der Waals surface area contributed by atoms with Gasteiger partial charge in [-0.1, -0.05) is 59.9 Å². The van der Waals surface area contributed by atoms with Crippen LogP contribution in [0.4, 0.5) is 17.1 Å². The second-order valence-corrected chi connectivity index (χ2v) is 8.68. The largest absolute Gasteiger partial charge is 0.350 e. The molecule has 0 saturated heterocycles. The number of rotatable bonds is 6. The first-order chi connectivity index (χ1) is 16.3. The van der Waals surface area contributed by atoms with Crippen molar-refractivity contribution in [2.24, 2.45) is 0 Å². The second kappa shape index (κ2) is 9.89. The van der Waals surface area contributed by atoms with Gasteiger partial charge >= 0.3 is 0 Å². The van der Waals surface area contributed by atoms with E-state index in [-0.39, 0.29) is 16.6 Å². The molecule has 6 nitrogen and oxygen atoms in total. The quantitative estimate of drug-likeness (QED) is 0.382. The minimum Gasteiger partial charge on any atom is -0.350 e. The van der Waals surface area contributed by atoms with E-state index < -0.39 is 11.8 Å². The van der Waals surface area contributed by atoms with Crippen LogP contribution < -0.4 is 15.5 Å². The van der Waals surface area contributed by atoms with Crippen LogP contribution in [-0.4, -0.2) is 17.7 Å². The van der Waals surface area contributed by atoms with Crippen molar-refractivity contribution in [1.82, 2.24) is 0 Å². The number of aryl methyl sites for hydroxylation is 1. The highest BCUT2D eigenvalue weighted by molar-refractivity contribution is 6.53. The van der Waals surface area contributed by atoms with Gasteiger partial charge in [-0.15, -0.1) is 0 Å². The monoisotopic (exact) mass is 513 g/mol. The molecule has 1 aliphatic heterocycles. The van der Waals surface area contributed by atoms with Crippen molar-refractivity contribution >= 4 is 69.6 Å². The van der Waals surface area contributed by atoms with E-state index in [4.69, 9.17) is 34.8 Å². The first-order valence-electron chi connectivity index (χ1n) is 10.3. The molecule has 172 valence electrons. The summed E-state index contributed by atoms with van der Waals surface area (Å²) in [6.45, 7) is 1.94. The molecule has 34 heavy (non-hydrogen) atoms. The molecular weight excluding hydrogens is 497 g/mol. The average Bonchev–Trinajstić information content (AvgIpc) is 3.01. The summed E-state index contributed by atoms with van der Waals surface area (Å²) in [6.07, 6.45) is 0.651. The summed E-state index contributed by atoms with van der Waals surface area (Å²) in [5.74, 6) is -1.50. The summed E-state index contributed by atoms with van der Waals surface area (Å²) >= 11 is 18.2. The smallest absolute Gasteiger partial charge is 0.283 e. The number of amides is 3. The Morgan fingerprint density at radius 3 is 2.15 bits per heavy atom. The maximum atomic E-state index is 13.0. The summed E-state index contributed by atoms with van der Waals surface area (Å²) < 4.78 is 0. The Kier molecular flexibility index (Phi) is 6.93.